The highest BCUT2D eigenvalue weighted by atomic mass is 79.9. The van der Waals surface area contributed by atoms with Gasteiger partial charge in [-0.25, -0.2) is 14.7 Å². The van der Waals surface area contributed by atoms with Crippen molar-refractivity contribution in [3.63, 3.8) is 0 Å². The molecule has 11 heteroatoms. The third-order valence-electron chi connectivity index (χ3n) is 2.66. The van der Waals surface area contributed by atoms with Crippen molar-refractivity contribution in [2.75, 3.05) is 25.0 Å². The minimum Gasteiger partial charge on any atom is -0.390 e. The summed E-state index contributed by atoms with van der Waals surface area (Å²) < 4.78 is 19.3. The van der Waals surface area contributed by atoms with E-state index in [1.54, 1.807) is 0 Å². The lowest BCUT2D eigenvalue weighted by Crippen LogP contribution is -2.26. The normalized spacial score (nSPS) is 13.9. The van der Waals surface area contributed by atoms with Crippen molar-refractivity contribution in [1.29, 1.82) is 0 Å². The largest absolute Gasteiger partial charge is 0.434 e. The molecule has 0 bridgehead atoms. The number of halogens is 1. The van der Waals surface area contributed by atoms with Gasteiger partial charge >= 0.3 is 13.6 Å². The van der Waals surface area contributed by atoms with E-state index in [4.69, 9.17) is 4.52 Å². The molecule has 126 valence electrons. The van der Waals surface area contributed by atoms with Crippen LogP contribution < -0.4 is 10.2 Å². The monoisotopic (exact) mass is 397 g/mol. The van der Waals surface area contributed by atoms with Crippen LogP contribution in [-0.4, -0.2) is 39.5 Å². The number of rotatable bonds is 12. The van der Waals surface area contributed by atoms with Crippen molar-refractivity contribution in [2.45, 2.75) is 26.3 Å². The molecule has 0 saturated carbocycles. The van der Waals surface area contributed by atoms with Crippen molar-refractivity contribution >= 4 is 29.5 Å². The Hall–Kier alpha value is -0.800. The van der Waals surface area contributed by atoms with Crippen LogP contribution in [0.3, 0.4) is 0 Å². The van der Waals surface area contributed by atoms with E-state index in [1.807, 2.05) is 6.92 Å². The number of nitrogens with one attached hydrogen (secondary N) is 2. The van der Waals surface area contributed by atoms with E-state index in [1.165, 1.54) is 17.0 Å². The van der Waals surface area contributed by atoms with E-state index in [0.29, 0.717) is 31.4 Å². The van der Waals surface area contributed by atoms with Crippen LogP contribution in [0.15, 0.2) is 12.4 Å². The summed E-state index contributed by atoms with van der Waals surface area (Å²) in [5, 5.41) is 17.1. The predicted molar refractivity (Wildman–Crippen MR) is 87.1 cm³/mol. The molecular weight excluding hydrogens is 377 g/mol. The molecule has 1 aromatic rings. The summed E-state index contributed by atoms with van der Waals surface area (Å²) >= 11 is 3.26. The molecule has 0 fully saturated rings. The molecule has 9 nitrogen and oxygen atoms in total. The number of imidazole rings is 1. The van der Waals surface area contributed by atoms with Crippen LogP contribution in [0.1, 0.15) is 19.8 Å². The Balaban J connectivity index is 2.43. The SMILES string of the molecule is CCCNP(=O)(NCCBr)OCCCn1ccnc1[N+](=O)[O-]. The first-order chi connectivity index (χ1) is 10.5. The maximum absolute atomic E-state index is 12.5. The molecule has 1 aromatic heterocycles. The first kappa shape index (κ1) is 19.2. The van der Waals surface area contributed by atoms with Gasteiger partial charge in [0.2, 0.25) is 0 Å². The van der Waals surface area contributed by atoms with Crippen LogP contribution in [0.4, 0.5) is 5.95 Å². The van der Waals surface area contributed by atoms with E-state index in [2.05, 4.69) is 31.1 Å². The molecule has 0 aromatic carbocycles. The van der Waals surface area contributed by atoms with E-state index < -0.39 is 12.6 Å². The number of aromatic nitrogens is 2. The number of nitrogens with zero attached hydrogens (tertiary/aromatic N) is 3. The minimum absolute atomic E-state index is 0.204. The zero-order valence-corrected chi connectivity index (χ0v) is 14.9. The lowest BCUT2D eigenvalue weighted by molar-refractivity contribution is -0.396. The van der Waals surface area contributed by atoms with Crippen molar-refractivity contribution in [3.05, 3.63) is 22.5 Å². The number of aryl methyl sites for hydroxylation is 1. The standard InChI is InChI=1S/C11H21BrN5O4P/c1-2-5-14-22(20,15-6-4-12)21-10-3-8-16-9-7-13-11(16)17(18)19/h7,9H,2-6,8,10H2,1H3,(H2,14,15,20). The van der Waals surface area contributed by atoms with Gasteiger partial charge in [0.1, 0.15) is 12.4 Å². The van der Waals surface area contributed by atoms with Crippen LogP contribution in [-0.2, 0) is 15.6 Å². The Morgan fingerprint density at radius 1 is 1.50 bits per heavy atom. The van der Waals surface area contributed by atoms with Gasteiger partial charge in [-0.2, -0.15) is 0 Å². The zero-order chi connectivity index (χ0) is 16.4. The van der Waals surface area contributed by atoms with E-state index in [-0.39, 0.29) is 12.6 Å². The summed E-state index contributed by atoms with van der Waals surface area (Å²) in [6.07, 6.45) is 4.25. The van der Waals surface area contributed by atoms with Gasteiger partial charge in [-0.1, -0.05) is 27.8 Å². The molecule has 0 saturated heterocycles. The Morgan fingerprint density at radius 3 is 2.86 bits per heavy atom. The maximum Gasteiger partial charge on any atom is 0.434 e. The molecule has 22 heavy (non-hydrogen) atoms. The van der Waals surface area contributed by atoms with Gasteiger partial charge in [0.05, 0.1) is 13.2 Å². The molecule has 1 heterocycles. The predicted octanol–water partition coefficient (Wildman–Crippen LogP) is 2.29. The van der Waals surface area contributed by atoms with E-state index >= 15 is 0 Å². The van der Waals surface area contributed by atoms with Gasteiger partial charge in [-0.15, -0.1) is 0 Å². The Bertz CT molecular complexity index is 500. The lowest BCUT2D eigenvalue weighted by atomic mass is 10.4. The molecule has 0 amide bonds. The summed E-state index contributed by atoms with van der Waals surface area (Å²) in [7, 11) is -3.08. The Morgan fingerprint density at radius 2 is 2.23 bits per heavy atom. The summed E-state index contributed by atoms with van der Waals surface area (Å²) in [6, 6.07) is 0. The number of alkyl halides is 1. The van der Waals surface area contributed by atoms with Crippen LogP contribution in [0.5, 0.6) is 0 Å². The molecule has 1 unspecified atom stereocenters. The van der Waals surface area contributed by atoms with Gasteiger partial charge in [-0.05, 0) is 11.3 Å². The molecule has 1 atom stereocenters. The second kappa shape index (κ2) is 10.1. The summed E-state index contributed by atoms with van der Waals surface area (Å²) in [6.45, 7) is 3.67. The fourth-order valence-electron chi connectivity index (χ4n) is 1.67. The topological polar surface area (TPSA) is 111 Å². The van der Waals surface area contributed by atoms with Crippen LogP contribution in [0.25, 0.3) is 0 Å². The molecular formula is C11H21BrN5O4P. The molecule has 0 aliphatic rings. The minimum atomic E-state index is -3.08. The zero-order valence-electron chi connectivity index (χ0n) is 12.4. The van der Waals surface area contributed by atoms with E-state index in [9.17, 15) is 14.7 Å². The van der Waals surface area contributed by atoms with Crippen LogP contribution in [0, 0.1) is 10.1 Å². The molecule has 0 spiro atoms. The highest BCUT2D eigenvalue weighted by Gasteiger charge is 2.21. The van der Waals surface area contributed by atoms with Crippen molar-refractivity contribution < 1.29 is 14.0 Å². The first-order valence-electron chi connectivity index (χ1n) is 6.98. The van der Waals surface area contributed by atoms with Gasteiger partial charge < -0.3 is 14.6 Å². The summed E-state index contributed by atoms with van der Waals surface area (Å²) in [5.41, 5.74) is 0. The average Bonchev–Trinajstić information content (AvgIpc) is 2.96. The fraction of sp³-hybridized carbons (Fsp3) is 0.727. The van der Waals surface area contributed by atoms with Gasteiger partial charge in [0, 0.05) is 24.8 Å². The first-order valence-corrected chi connectivity index (χ1v) is 9.73. The molecule has 0 aliphatic carbocycles. The average molecular weight is 398 g/mol. The smallest absolute Gasteiger partial charge is 0.390 e. The van der Waals surface area contributed by atoms with Crippen molar-refractivity contribution in [2.24, 2.45) is 0 Å². The molecule has 1 rings (SSSR count). The lowest BCUT2D eigenvalue weighted by Gasteiger charge is -2.19. The van der Waals surface area contributed by atoms with Crippen molar-refractivity contribution in [3.8, 4) is 0 Å². The van der Waals surface area contributed by atoms with E-state index in [0.717, 1.165) is 6.42 Å². The third kappa shape index (κ3) is 6.53. The number of nitro groups is 1. The fourth-order valence-corrected chi connectivity index (χ4v) is 3.78. The second-order valence-corrected chi connectivity index (χ2v) is 7.21. The molecule has 2 N–H and O–H groups in total. The highest BCUT2D eigenvalue weighted by molar-refractivity contribution is 9.09. The van der Waals surface area contributed by atoms with Crippen LogP contribution >= 0.6 is 23.6 Å². The molecule has 0 radical (unpaired) electrons. The van der Waals surface area contributed by atoms with Gasteiger partial charge in [0.15, 0.2) is 0 Å². The van der Waals surface area contributed by atoms with Crippen LogP contribution in [0.2, 0.25) is 0 Å². The molecule has 0 aliphatic heterocycles. The summed E-state index contributed by atoms with van der Waals surface area (Å²) in [4.78, 5) is 13.9. The van der Waals surface area contributed by atoms with Crippen molar-refractivity contribution in [1.82, 2.24) is 19.7 Å². The maximum atomic E-state index is 12.5. The second-order valence-electron chi connectivity index (χ2n) is 4.42. The quantitative estimate of drug-likeness (QED) is 0.183. The van der Waals surface area contributed by atoms with Gasteiger partial charge in [-0.3, -0.25) is 4.57 Å². The Labute approximate surface area is 137 Å². The number of hydrogen-bond acceptors (Lipinski definition) is 5. The Kier molecular flexibility index (Phi) is 8.81. The number of hydrogen-bond donors (Lipinski definition) is 2. The third-order valence-corrected chi connectivity index (χ3v) is 4.88. The highest BCUT2D eigenvalue weighted by Crippen LogP contribution is 2.37. The summed E-state index contributed by atoms with van der Waals surface area (Å²) in [5.74, 6) is -0.204. The van der Waals surface area contributed by atoms with Gasteiger partial charge in [0.25, 0.3) is 0 Å².